The van der Waals surface area contributed by atoms with Gasteiger partial charge >= 0.3 is 12.1 Å². The number of hydrogen-bond acceptors (Lipinski definition) is 8. The molecule has 4 rings (SSSR count). The third-order valence-electron chi connectivity index (χ3n) is 5.44. The number of carbonyl (C=O) groups is 1. The molecule has 2 aromatic carbocycles. The molecular formula is C24H22F3NO7. The lowest BCUT2D eigenvalue weighted by atomic mass is 10.1. The quantitative estimate of drug-likeness (QED) is 0.349. The van der Waals surface area contributed by atoms with Gasteiger partial charge in [0, 0.05) is 26.8 Å². The Kier molecular flexibility index (Phi) is 6.99. The highest BCUT2D eigenvalue weighted by molar-refractivity contribution is 5.89. The van der Waals surface area contributed by atoms with E-state index in [4.69, 9.17) is 18.6 Å². The molecule has 0 radical (unpaired) electrons. The van der Waals surface area contributed by atoms with Crippen molar-refractivity contribution in [1.29, 1.82) is 0 Å². The minimum Gasteiger partial charge on any atom is -0.478 e. The van der Waals surface area contributed by atoms with E-state index >= 15 is 0 Å². The van der Waals surface area contributed by atoms with Crippen molar-refractivity contribution in [3.05, 3.63) is 63.5 Å². The maximum atomic E-state index is 14.0. The molecule has 2 heterocycles. The van der Waals surface area contributed by atoms with Crippen molar-refractivity contribution in [2.45, 2.75) is 19.1 Å². The van der Waals surface area contributed by atoms with Crippen molar-refractivity contribution < 1.29 is 41.3 Å². The minimum atomic E-state index is -5.01. The fraction of sp³-hybridized carbons (Fsp3) is 0.333. The molecule has 0 bridgehead atoms. The fourth-order valence-electron chi connectivity index (χ4n) is 3.74. The van der Waals surface area contributed by atoms with Gasteiger partial charge in [0.1, 0.15) is 23.8 Å². The maximum absolute atomic E-state index is 14.0. The van der Waals surface area contributed by atoms with Gasteiger partial charge in [0.25, 0.3) is 5.76 Å². The molecule has 0 amide bonds. The van der Waals surface area contributed by atoms with Gasteiger partial charge in [-0.25, -0.2) is 4.79 Å². The van der Waals surface area contributed by atoms with Gasteiger partial charge in [-0.05, 0) is 42.8 Å². The highest BCUT2D eigenvalue weighted by atomic mass is 19.4. The number of nitrogens with zero attached hydrogens (tertiary/aromatic N) is 1. The Hall–Kier alpha value is -3.57. The summed E-state index contributed by atoms with van der Waals surface area (Å²) in [5.74, 6) is -2.91. The molecule has 0 saturated carbocycles. The molecular weight excluding hydrogens is 471 g/mol. The zero-order chi connectivity index (χ0) is 25.2. The predicted octanol–water partition coefficient (Wildman–Crippen LogP) is 4.58. The number of benzene rings is 2. The van der Waals surface area contributed by atoms with E-state index in [9.17, 15) is 22.8 Å². The number of halogens is 3. The Morgan fingerprint density at radius 1 is 1.11 bits per heavy atom. The normalized spacial score (nSPS) is 13.9. The van der Waals surface area contributed by atoms with E-state index in [0.29, 0.717) is 30.9 Å². The zero-order valence-corrected chi connectivity index (χ0v) is 18.9. The Labute approximate surface area is 197 Å². The molecule has 1 aliphatic heterocycles. The molecule has 0 atom stereocenters. The summed E-state index contributed by atoms with van der Waals surface area (Å²) in [6, 6.07) is 8.02. The lowest BCUT2D eigenvalue weighted by Gasteiger charge is -2.29. The van der Waals surface area contributed by atoms with Crippen molar-refractivity contribution in [2.75, 3.05) is 34.1 Å². The van der Waals surface area contributed by atoms with Crippen LogP contribution in [0.4, 0.5) is 13.2 Å². The van der Waals surface area contributed by atoms with Gasteiger partial charge < -0.3 is 23.4 Å². The molecule has 0 spiro atoms. The summed E-state index contributed by atoms with van der Waals surface area (Å²) < 4.78 is 67.8. The molecule has 0 saturated heterocycles. The van der Waals surface area contributed by atoms with E-state index in [1.807, 2.05) is 4.90 Å². The largest absolute Gasteiger partial charge is 0.478 e. The van der Waals surface area contributed by atoms with Crippen molar-refractivity contribution >= 4 is 16.9 Å². The first-order valence-electron chi connectivity index (χ1n) is 10.6. The van der Waals surface area contributed by atoms with E-state index in [1.54, 1.807) is 7.11 Å². The summed E-state index contributed by atoms with van der Waals surface area (Å²) in [6.45, 7) is 1.60. The van der Waals surface area contributed by atoms with Crippen LogP contribution < -0.4 is 14.9 Å². The van der Waals surface area contributed by atoms with Crippen LogP contribution >= 0.6 is 0 Å². The van der Waals surface area contributed by atoms with Crippen LogP contribution in [-0.2, 0) is 22.2 Å². The Morgan fingerprint density at radius 2 is 1.86 bits per heavy atom. The molecule has 0 unspecified atom stereocenters. The average molecular weight is 493 g/mol. The number of carbonyl (C=O) groups excluding carboxylic acids is 1. The van der Waals surface area contributed by atoms with Crippen LogP contribution in [0.2, 0.25) is 0 Å². The summed E-state index contributed by atoms with van der Waals surface area (Å²) in [4.78, 5) is 26.6. The minimum absolute atomic E-state index is 0.0692. The molecule has 8 nitrogen and oxygen atoms in total. The second kappa shape index (κ2) is 9.96. The first-order valence-corrected chi connectivity index (χ1v) is 10.6. The Bertz CT molecular complexity index is 1290. The second-order valence-corrected chi connectivity index (χ2v) is 7.80. The third-order valence-corrected chi connectivity index (χ3v) is 5.44. The summed E-state index contributed by atoms with van der Waals surface area (Å²) in [5, 5.41) is -0.0692. The molecule has 1 aromatic heterocycles. The maximum Gasteiger partial charge on any atom is 0.453 e. The van der Waals surface area contributed by atoms with Crippen LogP contribution in [0, 0.1) is 0 Å². The van der Waals surface area contributed by atoms with E-state index in [-0.39, 0.29) is 35.6 Å². The predicted molar refractivity (Wildman–Crippen MR) is 118 cm³/mol. The topological polar surface area (TPSA) is 87.4 Å². The van der Waals surface area contributed by atoms with E-state index in [2.05, 4.69) is 4.74 Å². The van der Waals surface area contributed by atoms with Gasteiger partial charge in [0.05, 0.1) is 23.6 Å². The SMILES string of the molecule is COCCCN1COc2ccc3c(=O)c(Oc4ccc(C(=O)OC)cc4)c(C(F)(F)F)oc3c2C1. The van der Waals surface area contributed by atoms with Crippen LogP contribution in [0.1, 0.15) is 28.1 Å². The summed E-state index contributed by atoms with van der Waals surface area (Å²) in [6.07, 6.45) is -4.31. The van der Waals surface area contributed by atoms with Crippen LogP contribution in [0.25, 0.3) is 11.0 Å². The van der Waals surface area contributed by atoms with Crippen molar-refractivity contribution in [1.82, 2.24) is 4.90 Å². The molecule has 0 aliphatic carbocycles. The molecule has 186 valence electrons. The molecule has 0 N–H and O–H groups in total. The molecule has 1 aliphatic rings. The molecule has 3 aromatic rings. The number of alkyl halides is 3. The van der Waals surface area contributed by atoms with Crippen molar-refractivity contribution in [2.24, 2.45) is 0 Å². The van der Waals surface area contributed by atoms with Gasteiger partial charge in [-0.2, -0.15) is 13.2 Å². The van der Waals surface area contributed by atoms with Gasteiger partial charge in [-0.1, -0.05) is 0 Å². The number of methoxy groups -OCH3 is 2. The van der Waals surface area contributed by atoms with Gasteiger partial charge in [0.15, 0.2) is 0 Å². The first-order chi connectivity index (χ1) is 16.7. The van der Waals surface area contributed by atoms with Crippen LogP contribution in [-0.4, -0.2) is 45.0 Å². The molecule has 35 heavy (non-hydrogen) atoms. The second-order valence-electron chi connectivity index (χ2n) is 7.80. The summed E-state index contributed by atoms with van der Waals surface area (Å²) in [7, 11) is 2.78. The number of fused-ring (bicyclic) bond motifs is 3. The van der Waals surface area contributed by atoms with E-state index in [0.717, 1.165) is 0 Å². The lowest BCUT2D eigenvalue weighted by Crippen LogP contribution is -2.33. The Balaban J connectivity index is 1.76. The number of ether oxygens (including phenoxy) is 4. The summed E-state index contributed by atoms with van der Waals surface area (Å²) >= 11 is 0. The highest BCUT2D eigenvalue weighted by Crippen LogP contribution is 2.40. The monoisotopic (exact) mass is 493 g/mol. The van der Waals surface area contributed by atoms with Crippen LogP contribution in [0.15, 0.2) is 45.6 Å². The number of rotatable bonds is 7. The molecule has 0 fully saturated rings. The van der Waals surface area contributed by atoms with Gasteiger partial charge in [-0.3, -0.25) is 9.69 Å². The van der Waals surface area contributed by atoms with Crippen LogP contribution in [0.5, 0.6) is 17.2 Å². The number of hydrogen-bond donors (Lipinski definition) is 0. The fourth-order valence-corrected chi connectivity index (χ4v) is 3.74. The van der Waals surface area contributed by atoms with Crippen LogP contribution in [0.3, 0.4) is 0 Å². The van der Waals surface area contributed by atoms with E-state index in [1.165, 1.54) is 43.5 Å². The zero-order valence-electron chi connectivity index (χ0n) is 18.9. The number of esters is 1. The first kappa shape index (κ1) is 24.6. The van der Waals surface area contributed by atoms with Gasteiger partial charge in [-0.15, -0.1) is 0 Å². The Morgan fingerprint density at radius 3 is 2.51 bits per heavy atom. The smallest absolute Gasteiger partial charge is 0.453 e. The van der Waals surface area contributed by atoms with Gasteiger partial charge in [0.2, 0.25) is 11.2 Å². The molecule has 11 heteroatoms. The highest BCUT2D eigenvalue weighted by Gasteiger charge is 2.41. The average Bonchev–Trinajstić information content (AvgIpc) is 2.84. The summed E-state index contributed by atoms with van der Waals surface area (Å²) in [5.41, 5.74) is -0.662. The van der Waals surface area contributed by atoms with E-state index < -0.39 is 29.1 Å². The lowest BCUT2D eigenvalue weighted by molar-refractivity contribution is -0.154. The van der Waals surface area contributed by atoms with Crippen molar-refractivity contribution in [3.8, 4) is 17.2 Å². The van der Waals surface area contributed by atoms with Crippen molar-refractivity contribution in [3.63, 3.8) is 0 Å². The standard InChI is InChI=1S/C24H22F3NO7/c1-31-11-3-10-28-12-17-18(33-13-28)9-8-16-19(29)21(22(24(25,26)27)35-20(16)17)34-15-6-4-14(5-7-15)23(30)32-2/h4-9H,3,10-13H2,1-2H3. The third kappa shape index (κ3) is 5.10.